The zero-order chi connectivity index (χ0) is 15.5. The maximum absolute atomic E-state index is 12.4. The summed E-state index contributed by atoms with van der Waals surface area (Å²) < 4.78 is 52.1. The number of hydrogen-bond donors (Lipinski definition) is 1. The van der Waals surface area contributed by atoms with E-state index in [4.69, 9.17) is 0 Å². The number of rotatable bonds is 5. The molecule has 1 fully saturated rings. The van der Waals surface area contributed by atoms with E-state index in [1.54, 1.807) is 18.2 Å². The summed E-state index contributed by atoms with van der Waals surface area (Å²) in [6.45, 7) is -1.00. The molecular weight excluding hydrogens is 300 g/mol. The van der Waals surface area contributed by atoms with E-state index in [9.17, 15) is 17.2 Å². The fourth-order valence-corrected chi connectivity index (χ4v) is 4.03. The summed E-state index contributed by atoms with van der Waals surface area (Å²) >= 11 is 0. The van der Waals surface area contributed by atoms with Crippen molar-refractivity contribution in [2.24, 2.45) is 0 Å². The minimum Gasteiger partial charge on any atom is -0.434 e. The molecule has 1 aliphatic rings. The number of hydrogen-bond acceptors (Lipinski definition) is 4. The Balaban J connectivity index is 2.02. The third-order valence-corrected chi connectivity index (χ3v) is 5.36. The number of halogens is 2. The quantitative estimate of drug-likeness (QED) is 0.906. The van der Waals surface area contributed by atoms with Crippen LogP contribution in [0.25, 0.3) is 0 Å². The van der Waals surface area contributed by atoms with E-state index in [-0.39, 0.29) is 29.3 Å². The van der Waals surface area contributed by atoms with Crippen molar-refractivity contribution < 1.29 is 21.9 Å². The molecule has 1 heterocycles. The predicted molar refractivity (Wildman–Crippen MR) is 76.3 cm³/mol. The highest BCUT2D eigenvalue weighted by Gasteiger charge is 2.25. The van der Waals surface area contributed by atoms with Gasteiger partial charge >= 0.3 is 6.61 Å². The number of nitrogens with one attached hydrogen (secondary N) is 1. The van der Waals surface area contributed by atoms with Crippen molar-refractivity contribution in [3.05, 3.63) is 29.8 Å². The van der Waals surface area contributed by atoms with E-state index >= 15 is 0 Å². The fourth-order valence-electron chi connectivity index (χ4n) is 2.54. The first kappa shape index (κ1) is 16.2. The van der Waals surface area contributed by atoms with Gasteiger partial charge in [-0.15, -0.1) is 0 Å². The van der Waals surface area contributed by atoms with Crippen LogP contribution in [0.2, 0.25) is 0 Å². The van der Waals surface area contributed by atoms with Crippen LogP contribution >= 0.6 is 0 Å². The molecule has 0 amide bonds. The van der Waals surface area contributed by atoms with E-state index in [0.717, 1.165) is 0 Å². The molecule has 1 aliphatic heterocycles. The smallest absolute Gasteiger partial charge is 0.387 e. The van der Waals surface area contributed by atoms with E-state index in [1.165, 1.54) is 6.07 Å². The Bertz CT molecular complexity index is 563. The second-order valence-corrected chi connectivity index (χ2v) is 7.53. The molecule has 4 nitrogen and oxygen atoms in total. The number of ether oxygens (including phenoxy) is 1. The molecule has 1 atom stereocenters. The van der Waals surface area contributed by atoms with E-state index in [1.807, 2.05) is 6.92 Å². The van der Waals surface area contributed by atoms with Gasteiger partial charge in [0, 0.05) is 17.6 Å². The van der Waals surface area contributed by atoms with Crippen LogP contribution in [-0.4, -0.2) is 32.6 Å². The zero-order valence-corrected chi connectivity index (χ0v) is 12.6. The van der Waals surface area contributed by atoms with Gasteiger partial charge in [-0.05, 0) is 25.8 Å². The first-order valence-corrected chi connectivity index (χ1v) is 8.70. The van der Waals surface area contributed by atoms with Gasteiger partial charge in [0.25, 0.3) is 0 Å². The molecule has 0 aliphatic carbocycles. The molecule has 0 spiro atoms. The molecule has 0 aromatic heterocycles. The third kappa shape index (κ3) is 4.64. The lowest BCUT2D eigenvalue weighted by Crippen LogP contribution is -2.38. The lowest BCUT2D eigenvalue weighted by Gasteiger charge is -2.27. The number of alkyl halides is 2. The Morgan fingerprint density at radius 3 is 2.48 bits per heavy atom. The van der Waals surface area contributed by atoms with E-state index in [0.29, 0.717) is 18.4 Å². The second kappa shape index (κ2) is 6.70. The highest BCUT2D eigenvalue weighted by molar-refractivity contribution is 7.91. The Kier molecular flexibility index (Phi) is 5.16. The SMILES string of the molecule is CC(NC1CCS(=O)(=O)CC1)c1ccccc1OC(F)F. The van der Waals surface area contributed by atoms with Gasteiger partial charge in [-0.25, -0.2) is 8.42 Å². The van der Waals surface area contributed by atoms with Gasteiger partial charge in [0.05, 0.1) is 11.5 Å². The van der Waals surface area contributed by atoms with Crippen LogP contribution in [0.5, 0.6) is 5.75 Å². The molecule has 0 saturated carbocycles. The van der Waals surface area contributed by atoms with E-state index in [2.05, 4.69) is 10.1 Å². The van der Waals surface area contributed by atoms with Gasteiger partial charge in [0.2, 0.25) is 0 Å². The highest BCUT2D eigenvalue weighted by Crippen LogP contribution is 2.27. The van der Waals surface area contributed by atoms with Crippen LogP contribution in [0, 0.1) is 0 Å². The second-order valence-electron chi connectivity index (χ2n) is 5.23. The summed E-state index contributed by atoms with van der Waals surface area (Å²) in [6, 6.07) is 6.52. The van der Waals surface area contributed by atoms with Crippen LogP contribution in [0.4, 0.5) is 8.78 Å². The molecule has 1 saturated heterocycles. The van der Waals surface area contributed by atoms with Crippen molar-refractivity contribution in [2.45, 2.75) is 38.5 Å². The summed E-state index contributed by atoms with van der Waals surface area (Å²) in [4.78, 5) is 0. The van der Waals surface area contributed by atoms with Gasteiger partial charge in [-0.1, -0.05) is 18.2 Å². The summed E-state index contributed by atoms with van der Waals surface area (Å²) in [5.41, 5.74) is 0.645. The topological polar surface area (TPSA) is 55.4 Å². The molecule has 1 N–H and O–H groups in total. The first-order valence-electron chi connectivity index (χ1n) is 6.87. The van der Waals surface area contributed by atoms with Crippen LogP contribution in [0.3, 0.4) is 0 Å². The maximum Gasteiger partial charge on any atom is 0.387 e. The Hall–Kier alpha value is -1.21. The van der Waals surface area contributed by atoms with Crippen molar-refractivity contribution >= 4 is 9.84 Å². The number of benzene rings is 1. The molecule has 7 heteroatoms. The van der Waals surface area contributed by atoms with Crippen LogP contribution in [0.1, 0.15) is 31.4 Å². The van der Waals surface area contributed by atoms with Crippen molar-refractivity contribution in [1.29, 1.82) is 0 Å². The van der Waals surface area contributed by atoms with E-state index < -0.39 is 16.4 Å². The largest absolute Gasteiger partial charge is 0.434 e. The van der Waals surface area contributed by atoms with Crippen molar-refractivity contribution in [2.75, 3.05) is 11.5 Å². The summed E-state index contributed by atoms with van der Waals surface area (Å²) in [5, 5.41) is 3.30. The molecule has 1 aromatic carbocycles. The van der Waals surface area contributed by atoms with Gasteiger partial charge < -0.3 is 10.1 Å². The average molecular weight is 319 g/mol. The molecule has 0 radical (unpaired) electrons. The molecule has 21 heavy (non-hydrogen) atoms. The predicted octanol–water partition coefficient (Wildman–Crippen LogP) is 2.52. The minimum absolute atomic E-state index is 0.0723. The minimum atomic E-state index is -2.90. The van der Waals surface area contributed by atoms with Gasteiger partial charge in [0.15, 0.2) is 0 Å². The molecule has 1 aromatic rings. The maximum atomic E-state index is 12.4. The standard InChI is InChI=1S/C14H19F2NO3S/c1-10(17-11-6-8-21(18,19)9-7-11)12-4-2-3-5-13(12)20-14(15)16/h2-5,10-11,14,17H,6-9H2,1H3. The van der Waals surface area contributed by atoms with Gasteiger partial charge in [-0.2, -0.15) is 8.78 Å². The van der Waals surface area contributed by atoms with Gasteiger partial charge in [0.1, 0.15) is 15.6 Å². The zero-order valence-electron chi connectivity index (χ0n) is 11.8. The molecule has 1 unspecified atom stereocenters. The molecule has 118 valence electrons. The van der Waals surface area contributed by atoms with Crippen LogP contribution < -0.4 is 10.1 Å². The van der Waals surface area contributed by atoms with Crippen molar-refractivity contribution in [3.63, 3.8) is 0 Å². The lowest BCUT2D eigenvalue weighted by molar-refractivity contribution is -0.0507. The fraction of sp³-hybridized carbons (Fsp3) is 0.571. The Morgan fingerprint density at radius 1 is 1.24 bits per heavy atom. The van der Waals surface area contributed by atoms with Crippen LogP contribution in [-0.2, 0) is 9.84 Å². The van der Waals surface area contributed by atoms with Gasteiger partial charge in [-0.3, -0.25) is 0 Å². The van der Waals surface area contributed by atoms with Crippen molar-refractivity contribution in [1.82, 2.24) is 5.32 Å². The number of para-hydroxylation sites is 1. The summed E-state index contributed by atoms with van der Waals surface area (Å²) in [5.74, 6) is 0.495. The molecular formula is C14H19F2NO3S. The average Bonchev–Trinajstić information content (AvgIpc) is 2.41. The normalized spacial score (nSPS) is 20.4. The number of sulfone groups is 1. The summed E-state index contributed by atoms with van der Waals surface area (Å²) in [6.07, 6.45) is 1.09. The lowest BCUT2D eigenvalue weighted by atomic mass is 10.0. The third-order valence-electron chi connectivity index (χ3n) is 3.64. The van der Waals surface area contributed by atoms with Crippen molar-refractivity contribution in [3.8, 4) is 5.75 Å². The molecule has 2 rings (SSSR count). The summed E-state index contributed by atoms with van der Waals surface area (Å²) in [7, 11) is -2.90. The van der Waals surface area contributed by atoms with Crippen LogP contribution in [0.15, 0.2) is 24.3 Å². The monoisotopic (exact) mass is 319 g/mol. The molecule has 0 bridgehead atoms. The Morgan fingerprint density at radius 2 is 1.86 bits per heavy atom. The first-order chi connectivity index (χ1) is 9.87. The Labute approximate surface area is 123 Å². The highest BCUT2D eigenvalue weighted by atomic mass is 32.2.